The molecule has 2 heterocycles. The average molecular weight is 222 g/mol. The summed E-state index contributed by atoms with van der Waals surface area (Å²) in [5.74, 6) is 0.153. The fraction of sp³-hybridized carbons (Fsp3) is 0.636. The Kier molecular flexibility index (Phi) is 2.96. The molecule has 1 aromatic rings. The van der Waals surface area contributed by atoms with Crippen LogP contribution >= 0.6 is 0 Å². The maximum atomic E-state index is 11.8. The third kappa shape index (κ3) is 1.71. The second-order valence-electron chi connectivity index (χ2n) is 4.28. The van der Waals surface area contributed by atoms with Gasteiger partial charge in [-0.05, 0) is 12.5 Å². The van der Waals surface area contributed by atoms with Crippen molar-refractivity contribution >= 4 is 5.91 Å². The van der Waals surface area contributed by atoms with E-state index in [4.69, 9.17) is 5.73 Å². The fourth-order valence-corrected chi connectivity index (χ4v) is 2.37. The van der Waals surface area contributed by atoms with Crippen molar-refractivity contribution in [3.05, 3.63) is 18.0 Å². The van der Waals surface area contributed by atoms with E-state index in [-0.39, 0.29) is 18.0 Å². The maximum absolute atomic E-state index is 11.8. The first-order chi connectivity index (χ1) is 7.65. The molecule has 2 atom stereocenters. The van der Waals surface area contributed by atoms with Gasteiger partial charge in [-0.15, -0.1) is 0 Å². The van der Waals surface area contributed by atoms with E-state index in [1.54, 1.807) is 10.9 Å². The molecule has 88 valence electrons. The average Bonchev–Trinajstić information content (AvgIpc) is 2.73. The van der Waals surface area contributed by atoms with Crippen molar-refractivity contribution in [2.24, 2.45) is 12.8 Å². The molecule has 0 bridgehead atoms. The standard InChI is InChI=1S/C11H18N4O/c1-3-6-15-10(16)7-8(12)11(15)9-4-5-13-14(9)2/h4-5,8,11H,3,6-7,12H2,1-2H3/t8-,11-/m0/s1. The number of hydrogen-bond donors (Lipinski definition) is 1. The van der Waals surface area contributed by atoms with Gasteiger partial charge < -0.3 is 10.6 Å². The second-order valence-corrected chi connectivity index (χ2v) is 4.28. The molecule has 5 heteroatoms. The lowest BCUT2D eigenvalue weighted by atomic mass is 10.1. The van der Waals surface area contributed by atoms with Crippen LogP contribution in [0.4, 0.5) is 0 Å². The van der Waals surface area contributed by atoms with Gasteiger partial charge in [0.25, 0.3) is 0 Å². The van der Waals surface area contributed by atoms with E-state index in [9.17, 15) is 4.79 Å². The summed E-state index contributed by atoms with van der Waals surface area (Å²) >= 11 is 0. The van der Waals surface area contributed by atoms with Crippen molar-refractivity contribution in [2.45, 2.75) is 31.8 Å². The van der Waals surface area contributed by atoms with Crippen LogP contribution in [0.2, 0.25) is 0 Å². The van der Waals surface area contributed by atoms with Crippen LogP contribution in [-0.2, 0) is 11.8 Å². The fourth-order valence-electron chi connectivity index (χ4n) is 2.37. The minimum absolute atomic E-state index is 0.0139. The summed E-state index contributed by atoms with van der Waals surface area (Å²) in [7, 11) is 1.88. The van der Waals surface area contributed by atoms with Crippen LogP contribution in [0.5, 0.6) is 0 Å². The first-order valence-corrected chi connectivity index (χ1v) is 5.68. The van der Waals surface area contributed by atoms with Gasteiger partial charge in [0.05, 0.1) is 11.7 Å². The van der Waals surface area contributed by atoms with Crippen LogP contribution in [0.3, 0.4) is 0 Å². The van der Waals surface area contributed by atoms with Crippen molar-refractivity contribution in [1.82, 2.24) is 14.7 Å². The number of amides is 1. The van der Waals surface area contributed by atoms with E-state index in [1.165, 1.54) is 0 Å². The van der Waals surface area contributed by atoms with Crippen LogP contribution in [0.1, 0.15) is 31.5 Å². The predicted molar refractivity (Wildman–Crippen MR) is 60.5 cm³/mol. The summed E-state index contributed by atoms with van der Waals surface area (Å²) in [4.78, 5) is 13.7. The summed E-state index contributed by atoms with van der Waals surface area (Å²) in [6.07, 6.45) is 3.14. The molecule has 2 N–H and O–H groups in total. The van der Waals surface area contributed by atoms with E-state index in [0.29, 0.717) is 6.42 Å². The molecule has 1 saturated heterocycles. The monoisotopic (exact) mass is 222 g/mol. The number of rotatable bonds is 3. The highest BCUT2D eigenvalue weighted by atomic mass is 16.2. The number of aryl methyl sites for hydroxylation is 1. The third-order valence-electron chi connectivity index (χ3n) is 3.10. The van der Waals surface area contributed by atoms with E-state index >= 15 is 0 Å². The summed E-state index contributed by atoms with van der Waals surface area (Å²) in [5, 5.41) is 4.14. The summed E-state index contributed by atoms with van der Waals surface area (Å²) in [5.41, 5.74) is 7.07. The SMILES string of the molecule is CCCN1C(=O)C[C@H](N)[C@H]1c1ccnn1C. The molecule has 0 aliphatic carbocycles. The molecule has 0 spiro atoms. The summed E-state index contributed by atoms with van der Waals surface area (Å²) < 4.78 is 1.80. The van der Waals surface area contributed by atoms with Gasteiger partial charge in [-0.3, -0.25) is 9.48 Å². The highest BCUT2D eigenvalue weighted by Gasteiger charge is 2.39. The first kappa shape index (κ1) is 11.1. The smallest absolute Gasteiger partial charge is 0.224 e. The quantitative estimate of drug-likeness (QED) is 0.806. The first-order valence-electron chi connectivity index (χ1n) is 5.68. The molecule has 0 saturated carbocycles. The van der Waals surface area contributed by atoms with E-state index in [1.807, 2.05) is 18.0 Å². The van der Waals surface area contributed by atoms with Crippen molar-refractivity contribution < 1.29 is 4.79 Å². The molecule has 0 aromatic carbocycles. The van der Waals surface area contributed by atoms with Crippen LogP contribution in [0, 0.1) is 0 Å². The predicted octanol–water partition coefficient (Wildman–Crippen LogP) is 0.431. The Bertz CT molecular complexity index is 387. The van der Waals surface area contributed by atoms with Gasteiger partial charge in [0.1, 0.15) is 0 Å². The zero-order valence-electron chi connectivity index (χ0n) is 9.76. The molecular weight excluding hydrogens is 204 g/mol. The van der Waals surface area contributed by atoms with E-state index in [0.717, 1.165) is 18.7 Å². The van der Waals surface area contributed by atoms with Gasteiger partial charge in [-0.2, -0.15) is 5.10 Å². The minimum atomic E-state index is -0.116. The van der Waals surface area contributed by atoms with E-state index in [2.05, 4.69) is 12.0 Å². The van der Waals surface area contributed by atoms with Gasteiger partial charge in [0, 0.05) is 32.3 Å². The van der Waals surface area contributed by atoms with Gasteiger partial charge >= 0.3 is 0 Å². The molecule has 0 unspecified atom stereocenters. The van der Waals surface area contributed by atoms with Gasteiger partial charge in [-0.1, -0.05) is 6.92 Å². The Morgan fingerprint density at radius 1 is 1.62 bits per heavy atom. The number of aromatic nitrogens is 2. The zero-order chi connectivity index (χ0) is 11.7. The highest BCUT2D eigenvalue weighted by Crippen LogP contribution is 2.31. The van der Waals surface area contributed by atoms with Gasteiger partial charge in [0.2, 0.25) is 5.91 Å². The van der Waals surface area contributed by atoms with Gasteiger partial charge in [-0.25, -0.2) is 0 Å². The van der Waals surface area contributed by atoms with Crippen molar-refractivity contribution in [3.8, 4) is 0 Å². The number of hydrogen-bond acceptors (Lipinski definition) is 3. The lowest BCUT2D eigenvalue weighted by Gasteiger charge is -2.26. The van der Waals surface area contributed by atoms with Crippen LogP contribution < -0.4 is 5.73 Å². The molecule has 1 aromatic heterocycles. The summed E-state index contributed by atoms with van der Waals surface area (Å²) in [6, 6.07) is 1.81. The molecule has 0 radical (unpaired) electrons. The van der Waals surface area contributed by atoms with Gasteiger partial charge in [0.15, 0.2) is 0 Å². The second kappa shape index (κ2) is 4.25. The Balaban J connectivity index is 2.30. The number of nitrogens with two attached hydrogens (primary N) is 1. The molecule has 2 rings (SSSR count). The third-order valence-corrected chi connectivity index (χ3v) is 3.10. The normalized spacial score (nSPS) is 25.4. The number of carbonyl (C=O) groups excluding carboxylic acids is 1. The van der Waals surface area contributed by atoms with Crippen molar-refractivity contribution in [2.75, 3.05) is 6.54 Å². The lowest BCUT2D eigenvalue weighted by molar-refractivity contribution is -0.129. The number of carbonyl (C=O) groups is 1. The Hall–Kier alpha value is -1.36. The molecule has 1 aliphatic rings. The Morgan fingerprint density at radius 2 is 2.38 bits per heavy atom. The molecule has 1 fully saturated rings. The molecule has 5 nitrogen and oxygen atoms in total. The number of likely N-dealkylation sites (tertiary alicyclic amines) is 1. The maximum Gasteiger partial charge on any atom is 0.224 e. The highest BCUT2D eigenvalue weighted by molar-refractivity contribution is 5.80. The molecule has 16 heavy (non-hydrogen) atoms. The van der Waals surface area contributed by atoms with E-state index < -0.39 is 0 Å². The Morgan fingerprint density at radius 3 is 2.94 bits per heavy atom. The zero-order valence-corrected chi connectivity index (χ0v) is 9.76. The van der Waals surface area contributed by atoms with Crippen molar-refractivity contribution in [1.29, 1.82) is 0 Å². The lowest BCUT2D eigenvalue weighted by Crippen LogP contribution is -2.34. The van der Waals surface area contributed by atoms with Crippen LogP contribution in [0.15, 0.2) is 12.3 Å². The number of nitrogens with zero attached hydrogens (tertiary/aromatic N) is 3. The van der Waals surface area contributed by atoms with Crippen molar-refractivity contribution in [3.63, 3.8) is 0 Å². The van der Waals surface area contributed by atoms with Crippen LogP contribution in [0.25, 0.3) is 0 Å². The largest absolute Gasteiger partial charge is 0.332 e. The van der Waals surface area contributed by atoms with Crippen LogP contribution in [-0.4, -0.2) is 33.2 Å². The molecule has 1 amide bonds. The topological polar surface area (TPSA) is 64.2 Å². The molecule has 1 aliphatic heterocycles. The summed E-state index contributed by atoms with van der Waals surface area (Å²) in [6.45, 7) is 2.83. The Labute approximate surface area is 95.2 Å². The minimum Gasteiger partial charge on any atom is -0.332 e. The molecular formula is C11H18N4O.